The summed E-state index contributed by atoms with van der Waals surface area (Å²) in [6.07, 6.45) is 10.9. The van der Waals surface area contributed by atoms with Crippen LogP contribution in [0.15, 0.2) is 17.3 Å². The SMILES string of the molecule is CCCC1CCC(NCC)C(Sc2cnn(C)c2)C1. The first-order valence-electron chi connectivity index (χ1n) is 7.61. The maximum Gasteiger partial charge on any atom is 0.0625 e. The van der Waals surface area contributed by atoms with Gasteiger partial charge in [0, 0.05) is 29.4 Å². The van der Waals surface area contributed by atoms with Crippen molar-refractivity contribution in [2.75, 3.05) is 6.54 Å². The topological polar surface area (TPSA) is 29.9 Å². The summed E-state index contributed by atoms with van der Waals surface area (Å²) in [6.45, 7) is 5.59. The molecule has 1 aromatic heterocycles. The standard InChI is InChI=1S/C15H27N3S/c1-4-6-12-7-8-14(16-5-2)15(9-12)19-13-10-17-18(3)11-13/h10-12,14-16H,4-9H2,1-3H3. The maximum absolute atomic E-state index is 4.28. The third kappa shape index (κ3) is 4.25. The van der Waals surface area contributed by atoms with Gasteiger partial charge in [-0.2, -0.15) is 5.10 Å². The van der Waals surface area contributed by atoms with Crippen LogP contribution in [0.1, 0.15) is 46.0 Å². The van der Waals surface area contributed by atoms with Gasteiger partial charge in [0.15, 0.2) is 0 Å². The number of thioether (sulfide) groups is 1. The van der Waals surface area contributed by atoms with Gasteiger partial charge in [0.1, 0.15) is 0 Å². The van der Waals surface area contributed by atoms with E-state index >= 15 is 0 Å². The monoisotopic (exact) mass is 281 g/mol. The molecule has 3 unspecified atom stereocenters. The van der Waals surface area contributed by atoms with E-state index in [1.54, 1.807) is 0 Å². The van der Waals surface area contributed by atoms with E-state index in [1.165, 1.54) is 37.0 Å². The number of nitrogens with zero attached hydrogens (tertiary/aromatic N) is 2. The lowest BCUT2D eigenvalue weighted by Crippen LogP contribution is -2.42. The Bertz CT molecular complexity index is 377. The van der Waals surface area contributed by atoms with Crippen LogP contribution in [0.3, 0.4) is 0 Å². The molecule has 0 aromatic carbocycles. The van der Waals surface area contributed by atoms with Crippen molar-refractivity contribution in [3.05, 3.63) is 12.4 Å². The molecule has 0 amide bonds. The molecule has 0 spiro atoms. The molecular formula is C15H27N3S. The molecular weight excluding hydrogens is 254 g/mol. The van der Waals surface area contributed by atoms with E-state index in [9.17, 15) is 0 Å². The van der Waals surface area contributed by atoms with Crippen molar-refractivity contribution in [2.24, 2.45) is 13.0 Å². The molecule has 1 heterocycles. The molecule has 0 radical (unpaired) electrons. The molecule has 108 valence electrons. The number of aryl methyl sites for hydroxylation is 1. The normalized spacial score (nSPS) is 27.6. The molecule has 1 aromatic rings. The molecule has 4 heteroatoms. The Morgan fingerprint density at radius 3 is 2.89 bits per heavy atom. The molecule has 2 rings (SSSR count). The van der Waals surface area contributed by atoms with Crippen LogP contribution >= 0.6 is 11.8 Å². The number of hydrogen-bond donors (Lipinski definition) is 1. The van der Waals surface area contributed by atoms with Crippen molar-refractivity contribution < 1.29 is 0 Å². The quantitative estimate of drug-likeness (QED) is 0.866. The smallest absolute Gasteiger partial charge is 0.0625 e. The molecule has 1 fully saturated rings. The maximum atomic E-state index is 4.28. The number of aromatic nitrogens is 2. The summed E-state index contributed by atoms with van der Waals surface area (Å²) in [5.41, 5.74) is 0. The van der Waals surface area contributed by atoms with Crippen molar-refractivity contribution in [2.45, 2.75) is 62.1 Å². The average Bonchev–Trinajstić information content (AvgIpc) is 2.79. The van der Waals surface area contributed by atoms with Gasteiger partial charge in [0.05, 0.1) is 6.20 Å². The van der Waals surface area contributed by atoms with E-state index in [0.29, 0.717) is 11.3 Å². The van der Waals surface area contributed by atoms with Crippen LogP contribution in [0.5, 0.6) is 0 Å². The zero-order valence-electron chi connectivity index (χ0n) is 12.4. The zero-order valence-corrected chi connectivity index (χ0v) is 13.2. The molecule has 3 atom stereocenters. The minimum atomic E-state index is 0.670. The predicted molar refractivity (Wildman–Crippen MR) is 82.6 cm³/mol. The Kier molecular flexibility index (Phi) is 5.76. The van der Waals surface area contributed by atoms with Gasteiger partial charge in [-0.05, 0) is 31.7 Å². The second-order valence-corrected chi connectivity index (χ2v) is 6.95. The van der Waals surface area contributed by atoms with Gasteiger partial charge in [-0.1, -0.05) is 26.7 Å². The van der Waals surface area contributed by atoms with Crippen LogP contribution in [0, 0.1) is 5.92 Å². The molecule has 3 nitrogen and oxygen atoms in total. The van der Waals surface area contributed by atoms with Crippen LogP contribution in [-0.2, 0) is 7.05 Å². The Labute approximate surface area is 121 Å². The number of rotatable bonds is 6. The first-order valence-corrected chi connectivity index (χ1v) is 8.49. The third-order valence-electron chi connectivity index (χ3n) is 4.03. The molecule has 0 aliphatic heterocycles. The van der Waals surface area contributed by atoms with Gasteiger partial charge >= 0.3 is 0 Å². The number of hydrogen-bond acceptors (Lipinski definition) is 3. The molecule has 0 bridgehead atoms. The van der Waals surface area contributed by atoms with E-state index in [4.69, 9.17) is 0 Å². The van der Waals surface area contributed by atoms with Crippen LogP contribution in [0.2, 0.25) is 0 Å². The van der Waals surface area contributed by atoms with Crippen LogP contribution < -0.4 is 5.32 Å². The van der Waals surface area contributed by atoms with Gasteiger partial charge in [0.2, 0.25) is 0 Å². The first kappa shape index (κ1) is 14.9. The summed E-state index contributed by atoms with van der Waals surface area (Å²) < 4.78 is 1.90. The van der Waals surface area contributed by atoms with Crippen molar-refractivity contribution >= 4 is 11.8 Å². The molecule has 1 aliphatic carbocycles. The highest BCUT2D eigenvalue weighted by atomic mass is 32.2. The molecule has 0 saturated heterocycles. The minimum absolute atomic E-state index is 0.670. The highest BCUT2D eigenvalue weighted by molar-refractivity contribution is 8.00. The van der Waals surface area contributed by atoms with Crippen LogP contribution in [-0.4, -0.2) is 27.6 Å². The van der Waals surface area contributed by atoms with Crippen molar-refractivity contribution in [3.63, 3.8) is 0 Å². The fraction of sp³-hybridized carbons (Fsp3) is 0.800. The van der Waals surface area contributed by atoms with E-state index in [0.717, 1.165) is 12.5 Å². The van der Waals surface area contributed by atoms with Gasteiger partial charge < -0.3 is 5.32 Å². The van der Waals surface area contributed by atoms with E-state index < -0.39 is 0 Å². The van der Waals surface area contributed by atoms with Crippen LogP contribution in [0.25, 0.3) is 0 Å². The highest BCUT2D eigenvalue weighted by Crippen LogP contribution is 2.37. The Morgan fingerprint density at radius 2 is 2.26 bits per heavy atom. The Morgan fingerprint density at radius 1 is 1.42 bits per heavy atom. The fourth-order valence-electron chi connectivity index (χ4n) is 3.14. The predicted octanol–water partition coefficient (Wildman–Crippen LogP) is 3.46. The van der Waals surface area contributed by atoms with Gasteiger partial charge in [-0.15, -0.1) is 11.8 Å². The molecule has 1 N–H and O–H groups in total. The van der Waals surface area contributed by atoms with E-state index in [2.05, 4.69) is 30.5 Å². The zero-order chi connectivity index (χ0) is 13.7. The summed E-state index contributed by atoms with van der Waals surface area (Å²) in [4.78, 5) is 1.31. The van der Waals surface area contributed by atoms with Gasteiger partial charge in [-0.25, -0.2) is 0 Å². The molecule has 19 heavy (non-hydrogen) atoms. The largest absolute Gasteiger partial charge is 0.313 e. The van der Waals surface area contributed by atoms with E-state index in [1.807, 2.05) is 29.7 Å². The van der Waals surface area contributed by atoms with Crippen LogP contribution in [0.4, 0.5) is 0 Å². The number of nitrogens with one attached hydrogen (secondary N) is 1. The molecule has 1 saturated carbocycles. The van der Waals surface area contributed by atoms with Crippen molar-refractivity contribution in [1.29, 1.82) is 0 Å². The minimum Gasteiger partial charge on any atom is -0.313 e. The summed E-state index contributed by atoms with van der Waals surface area (Å²) in [5.74, 6) is 0.925. The van der Waals surface area contributed by atoms with Crippen molar-refractivity contribution in [1.82, 2.24) is 15.1 Å². The van der Waals surface area contributed by atoms with Gasteiger partial charge in [-0.3, -0.25) is 4.68 Å². The Hall–Kier alpha value is -0.480. The lowest BCUT2D eigenvalue weighted by atomic mass is 9.83. The fourth-order valence-corrected chi connectivity index (χ4v) is 4.58. The summed E-state index contributed by atoms with van der Waals surface area (Å²) in [5, 5.41) is 8.66. The van der Waals surface area contributed by atoms with Gasteiger partial charge in [0.25, 0.3) is 0 Å². The average molecular weight is 281 g/mol. The second-order valence-electron chi connectivity index (χ2n) is 5.64. The third-order valence-corrected chi connectivity index (χ3v) is 5.34. The lowest BCUT2D eigenvalue weighted by molar-refractivity contribution is 0.289. The summed E-state index contributed by atoms with van der Waals surface area (Å²) in [7, 11) is 1.99. The first-order chi connectivity index (χ1) is 9.22. The second kappa shape index (κ2) is 7.34. The summed E-state index contributed by atoms with van der Waals surface area (Å²) in [6, 6.07) is 0.670. The highest BCUT2D eigenvalue weighted by Gasteiger charge is 2.30. The Balaban J connectivity index is 1.98. The summed E-state index contributed by atoms with van der Waals surface area (Å²) >= 11 is 2.02. The lowest BCUT2D eigenvalue weighted by Gasteiger charge is -2.36. The van der Waals surface area contributed by atoms with E-state index in [-0.39, 0.29) is 0 Å². The van der Waals surface area contributed by atoms with Crippen molar-refractivity contribution in [3.8, 4) is 0 Å². The molecule has 1 aliphatic rings.